The van der Waals surface area contributed by atoms with Crippen LogP contribution >= 0.6 is 11.6 Å². The summed E-state index contributed by atoms with van der Waals surface area (Å²) in [4.78, 5) is 10.6. The van der Waals surface area contributed by atoms with Gasteiger partial charge in [-0.25, -0.2) is 4.39 Å². The van der Waals surface area contributed by atoms with Crippen LogP contribution < -0.4 is 0 Å². The first-order valence-corrected chi connectivity index (χ1v) is 4.72. The molecule has 0 aliphatic rings. The van der Waals surface area contributed by atoms with Gasteiger partial charge in [0.25, 0.3) is 0 Å². The third kappa shape index (κ3) is 6.61. The van der Waals surface area contributed by atoms with E-state index in [1.54, 1.807) is 0 Å². The lowest BCUT2D eigenvalue weighted by Crippen LogP contribution is -1.95. The molecule has 14 heavy (non-hydrogen) atoms. The van der Waals surface area contributed by atoms with Gasteiger partial charge in [0.05, 0.1) is 0 Å². The van der Waals surface area contributed by atoms with Crippen LogP contribution in [0, 0.1) is 0 Å². The molecule has 0 aromatic rings. The fraction of sp³-hybridized carbons (Fsp3) is 0.364. The quantitative estimate of drug-likeness (QED) is 0.648. The molecule has 0 N–H and O–H groups in total. The van der Waals surface area contributed by atoms with Crippen LogP contribution in [0.5, 0.6) is 0 Å². The highest BCUT2D eigenvalue weighted by Crippen LogP contribution is 2.22. The van der Waals surface area contributed by atoms with Gasteiger partial charge in [-0.1, -0.05) is 38.6 Å². The largest absolute Gasteiger partial charge is 0.300 e. The van der Waals surface area contributed by atoms with Crippen molar-refractivity contribution >= 4 is 17.4 Å². The van der Waals surface area contributed by atoms with E-state index in [4.69, 9.17) is 11.6 Å². The molecular formula is C11H16ClFO. The maximum absolute atomic E-state index is 12.9. The molecule has 0 radical (unpaired) electrons. The summed E-state index contributed by atoms with van der Waals surface area (Å²) >= 11 is 5.47. The summed E-state index contributed by atoms with van der Waals surface area (Å²) in [6.45, 7) is 11.9. The van der Waals surface area contributed by atoms with Gasteiger partial charge >= 0.3 is 0 Å². The van der Waals surface area contributed by atoms with E-state index in [-0.39, 0.29) is 22.8 Å². The topological polar surface area (TPSA) is 17.1 Å². The molecule has 1 nitrogen and oxygen atoms in total. The predicted molar refractivity (Wildman–Crippen MR) is 60.0 cm³/mol. The monoisotopic (exact) mass is 218 g/mol. The van der Waals surface area contributed by atoms with Crippen molar-refractivity contribution in [1.82, 2.24) is 0 Å². The number of rotatable bonds is 4. The van der Waals surface area contributed by atoms with E-state index in [0.717, 1.165) is 6.08 Å². The summed E-state index contributed by atoms with van der Waals surface area (Å²) in [6, 6.07) is 0. The van der Waals surface area contributed by atoms with Gasteiger partial charge in [0, 0.05) is 17.0 Å². The molecule has 0 heterocycles. The molecule has 0 aromatic heterocycles. The van der Waals surface area contributed by atoms with Gasteiger partial charge in [0.2, 0.25) is 0 Å². The number of ketones is 1. The Kier molecular flexibility index (Phi) is 9.68. The molecule has 0 aliphatic carbocycles. The van der Waals surface area contributed by atoms with E-state index in [2.05, 4.69) is 13.2 Å². The highest BCUT2D eigenvalue weighted by Gasteiger charge is 2.08. The van der Waals surface area contributed by atoms with Crippen molar-refractivity contribution < 1.29 is 9.18 Å². The van der Waals surface area contributed by atoms with E-state index in [1.165, 1.54) is 6.92 Å². The Labute approximate surface area is 90.0 Å². The van der Waals surface area contributed by atoms with Gasteiger partial charge in [-0.05, 0) is 13.0 Å². The molecule has 0 amide bonds. The standard InChI is InChI=1S/C9H10ClFO.C2H6/c1-4-9(11)8(7(3)10)5-6(2)12;1-2/h4H,1,3,5H2,2H3;1-2H3/b9-8+;. The zero-order valence-corrected chi connectivity index (χ0v) is 9.62. The predicted octanol–water partition coefficient (Wildman–Crippen LogP) is 4.15. The van der Waals surface area contributed by atoms with Crippen molar-refractivity contribution in [2.75, 3.05) is 0 Å². The maximum atomic E-state index is 12.9. The average Bonchev–Trinajstić information content (AvgIpc) is 2.15. The minimum absolute atomic E-state index is 0.0415. The molecule has 80 valence electrons. The number of halogens is 2. The summed E-state index contributed by atoms with van der Waals surface area (Å²) in [5, 5.41) is 0.0441. The number of carbonyl (C=O) groups excluding carboxylic acids is 1. The highest BCUT2D eigenvalue weighted by molar-refractivity contribution is 6.32. The zero-order chi connectivity index (χ0) is 11.7. The molecule has 0 aliphatic heterocycles. The lowest BCUT2D eigenvalue weighted by atomic mass is 10.1. The second-order valence-corrected chi connectivity index (χ2v) is 2.77. The van der Waals surface area contributed by atoms with Crippen LogP contribution in [0.15, 0.2) is 35.7 Å². The minimum atomic E-state index is -0.592. The number of hydrogen-bond donors (Lipinski definition) is 0. The third-order valence-electron chi connectivity index (χ3n) is 1.22. The number of Topliss-reactive ketones (excluding diaryl/α,β-unsaturated/α-hetero) is 1. The van der Waals surface area contributed by atoms with E-state index >= 15 is 0 Å². The summed E-state index contributed by atoms with van der Waals surface area (Å²) in [7, 11) is 0. The van der Waals surface area contributed by atoms with E-state index in [0.29, 0.717) is 0 Å². The zero-order valence-electron chi connectivity index (χ0n) is 8.86. The van der Waals surface area contributed by atoms with E-state index in [9.17, 15) is 9.18 Å². The maximum Gasteiger partial charge on any atom is 0.134 e. The van der Waals surface area contributed by atoms with Gasteiger partial charge in [-0.3, -0.25) is 4.79 Å². The van der Waals surface area contributed by atoms with Crippen molar-refractivity contribution in [3.8, 4) is 0 Å². The van der Waals surface area contributed by atoms with Crippen LogP contribution in [0.2, 0.25) is 0 Å². The fourth-order valence-corrected chi connectivity index (χ4v) is 0.839. The fourth-order valence-electron chi connectivity index (χ4n) is 0.682. The Morgan fingerprint density at radius 2 is 1.93 bits per heavy atom. The van der Waals surface area contributed by atoms with Gasteiger partial charge < -0.3 is 0 Å². The first kappa shape index (κ1) is 15.6. The van der Waals surface area contributed by atoms with Crippen LogP contribution in [0.4, 0.5) is 4.39 Å². The molecule has 3 heteroatoms. The van der Waals surface area contributed by atoms with Crippen molar-refractivity contribution in [2.45, 2.75) is 27.2 Å². The molecule has 0 saturated heterocycles. The Morgan fingerprint density at radius 3 is 2.14 bits per heavy atom. The Bertz CT molecular complexity index is 254. The molecule has 0 unspecified atom stereocenters. The summed E-state index contributed by atoms with van der Waals surface area (Å²) in [6.07, 6.45) is 0.964. The average molecular weight is 219 g/mol. The van der Waals surface area contributed by atoms with Crippen molar-refractivity contribution in [1.29, 1.82) is 0 Å². The number of hydrogen-bond acceptors (Lipinski definition) is 1. The molecule has 0 saturated carbocycles. The first-order chi connectivity index (χ1) is 6.49. The summed E-state index contributed by atoms with van der Waals surface area (Å²) in [5.41, 5.74) is 0.110. The van der Waals surface area contributed by atoms with Crippen LogP contribution in [0.3, 0.4) is 0 Å². The lowest BCUT2D eigenvalue weighted by molar-refractivity contribution is -0.116. The van der Waals surface area contributed by atoms with Crippen LogP contribution in [-0.4, -0.2) is 5.78 Å². The summed E-state index contributed by atoms with van der Waals surface area (Å²) < 4.78 is 12.9. The van der Waals surface area contributed by atoms with E-state index < -0.39 is 5.83 Å². The van der Waals surface area contributed by atoms with Crippen LogP contribution in [0.25, 0.3) is 0 Å². The molecule has 0 spiro atoms. The van der Waals surface area contributed by atoms with Crippen molar-refractivity contribution in [3.05, 3.63) is 35.7 Å². The molecule has 0 rings (SSSR count). The SMILES string of the molecule is C=C/C(F)=C(/CC(C)=O)C(=C)Cl.CC. The Balaban J connectivity index is 0. The number of allylic oxidation sites excluding steroid dienone is 4. The number of carbonyl (C=O) groups is 1. The smallest absolute Gasteiger partial charge is 0.134 e. The van der Waals surface area contributed by atoms with Gasteiger partial charge in [-0.2, -0.15) is 0 Å². The van der Waals surface area contributed by atoms with E-state index in [1.807, 2.05) is 13.8 Å². The van der Waals surface area contributed by atoms with Crippen molar-refractivity contribution in [2.24, 2.45) is 0 Å². The highest BCUT2D eigenvalue weighted by atomic mass is 35.5. The molecule has 0 atom stereocenters. The minimum Gasteiger partial charge on any atom is -0.300 e. The second kappa shape index (κ2) is 8.70. The van der Waals surface area contributed by atoms with Crippen LogP contribution in [0.1, 0.15) is 27.2 Å². The molecule has 0 aromatic carbocycles. The summed E-state index contributed by atoms with van der Waals surface area (Å²) in [5.74, 6) is -0.756. The molecular weight excluding hydrogens is 203 g/mol. The van der Waals surface area contributed by atoms with Gasteiger partial charge in [-0.15, -0.1) is 0 Å². The van der Waals surface area contributed by atoms with Gasteiger partial charge in [0.1, 0.15) is 11.6 Å². The Morgan fingerprint density at radius 1 is 1.50 bits per heavy atom. The lowest BCUT2D eigenvalue weighted by Gasteiger charge is -2.02. The van der Waals surface area contributed by atoms with Gasteiger partial charge in [0.15, 0.2) is 0 Å². The van der Waals surface area contributed by atoms with Crippen LogP contribution in [-0.2, 0) is 4.79 Å². The second-order valence-electron chi connectivity index (χ2n) is 2.31. The first-order valence-electron chi connectivity index (χ1n) is 4.34. The third-order valence-corrected chi connectivity index (χ3v) is 1.45. The molecule has 0 fully saturated rings. The normalized spacial score (nSPS) is 10.6. The Hall–Kier alpha value is -0.890. The molecule has 0 bridgehead atoms. The van der Waals surface area contributed by atoms with Crippen molar-refractivity contribution in [3.63, 3.8) is 0 Å².